The maximum absolute atomic E-state index is 13.7. The van der Waals surface area contributed by atoms with Gasteiger partial charge < -0.3 is 14.6 Å². The molecule has 3 aromatic rings. The standard InChI is InChI=1S/C28H28ClNO5/c1-27(2,3)35-26(32)30-17-18-9-5-6-10-21(18)22-11-7-8-12-23(22)24(30)28(33,25(31)34-4)19-13-15-20(29)16-14-19/h5-16,24,33H,17H2,1-4H3/t24?,28-/m1/s1. The summed E-state index contributed by atoms with van der Waals surface area (Å²) < 4.78 is 10.9. The van der Waals surface area contributed by atoms with E-state index >= 15 is 0 Å². The Kier molecular flexibility index (Phi) is 6.62. The molecule has 0 radical (unpaired) electrons. The number of carbonyl (C=O) groups excluding carboxylic acids is 2. The number of benzene rings is 3. The molecule has 182 valence electrons. The first-order chi connectivity index (χ1) is 16.6. The number of methoxy groups -OCH3 is 1. The second-order valence-corrected chi connectivity index (χ2v) is 9.96. The fourth-order valence-electron chi connectivity index (χ4n) is 4.53. The molecule has 4 rings (SSSR count). The van der Waals surface area contributed by atoms with E-state index in [4.69, 9.17) is 21.1 Å². The van der Waals surface area contributed by atoms with Crippen LogP contribution in [-0.2, 0) is 26.4 Å². The first-order valence-electron chi connectivity index (χ1n) is 11.3. The van der Waals surface area contributed by atoms with Crippen LogP contribution in [0.5, 0.6) is 0 Å². The lowest BCUT2D eigenvalue weighted by Crippen LogP contribution is -2.52. The Morgan fingerprint density at radius 3 is 2.17 bits per heavy atom. The molecule has 7 heteroatoms. The van der Waals surface area contributed by atoms with E-state index in [0.29, 0.717) is 10.6 Å². The van der Waals surface area contributed by atoms with Crippen molar-refractivity contribution in [3.05, 3.63) is 94.5 Å². The number of hydrogen-bond acceptors (Lipinski definition) is 5. The van der Waals surface area contributed by atoms with Crippen LogP contribution in [0.2, 0.25) is 5.02 Å². The number of halogens is 1. The summed E-state index contributed by atoms with van der Waals surface area (Å²) in [5.41, 5.74) is 0.346. The van der Waals surface area contributed by atoms with Crippen molar-refractivity contribution in [2.75, 3.05) is 7.11 Å². The summed E-state index contributed by atoms with van der Waals surface area (Å²) in [7, 11) is 1.21. The maximum atomic E-state index is 13.7. The molecule has 0 saturated heterocycles. The lowest BCUT2D eigenvalue weighted by molar-refractivity contribution is -0.173. The van der Waals surface area contributed by atoms with Crippen molar-refractivity contribution in [3.63, 3.8) is 0 Å². The predicted octanol–water partition coefficient (Wildman–Crippen LogP) is 5.86. The van der Waals surface area contributed by atoms with E-state index in [2.05, 4.69) is 0 Å². The van der Waals surface area contributed by atoms with Gasteiger partial charge in [-0.15, -0.1) is 0 Å². The molecule has 0 fully saturated rings. The Morgan fingerprint density at radius 1 is 0.943 bits per heavy atom. The molecule has 2 atom stereocenters. The fraction of sp³-hybridized carbons (Fsp3) is 0.286. The van der Waals surface area contributed by atoms with Crippen LogP contribution in [0.25, 0.3) is 11.1 Å². The molecule has 0 aromatic heterocycles. The van der Waals surface area contributed by atoms with Crippen molar-refractivity contribution in [1.29, 1.82) is 0 Å². The van der Waals surface area contributed by atoms with Gasteiger partial charge in [-0.3, -0.25) is 4.90 Å². The van der Waals surface area contributed by atoms with Crippen molar-refractivity contribution < 1.29 is 24.2 Å². The van der Waals surface area contributed by atoms with Gasteiger partial charge in [0.05, 0.1) is 13.7 Å². The molecule has 0 spiro atoms. The SMILES string of the molecule is COC(=O)[C@@](O)(c1ccc(Cl)cc1)C1c2ccccc2-c2ccccc2CN1C(=O)OC(C)(C)C. The number of hydrogen-bond donors (Lipinski definition) is 1. The zero-order valence-electron chi connectivity index (χ0n) is 20.1. The van der Waals surface area contributed by atoms with Crippen molar-refractivity contribution >= 4 is 23.7 Å². The molecule has 1 unspecified atom stereocenters. The van der Waals surface area contributed by atoms with Crippen molar-refractivity contribution in [2.24, 2.45) is 0 Å². The van der Waals surface area contributed by atoms with Gasteiger partial charge in [0.1, 0.15) is 11.6 Å². The molecule has 0 saturated carbocycles. The van der Waals surface area contributed by atoms with Gasteiger partial charge in [0.2, 0.25) is 5.60 Å². The molecule has 1 amide bonds. The van der Waals surface area contributed by atoms with E-state index in [1.807, 2.05) is 48.5 Å². The fourth-order valence-corrected chi connectivity index (χ4v) is 4.66. The van der Waals surface area contributed by atoms with Gasteiger partial charge in [-0.1, -0.05) is 72.3 Å². The average Bonchev–Trinajstić information content (AvgIpc) is 2.97. The zero-order valence-corrected chi connectivity index (χ0v) is 20.9. The zero-order chi connectivity index (χ0) is 25.4. The maximum Gasteiger partial charge on any atom is 0.411 e. The first-order valence-corrected chi connectivity index (χ1v) is 11.7. The molecule has 6 nitrogen and oxygen atoms in total. The second kappa shape index (κ2) is 9.36. The number of fused-ring (bicyclic) bond motifs is 3. The molecular formula is C28H28ClNO5. The highest BCUT2D eigenvalue weighted by atomic mass is 35.5. The van der Waals surface area contributed by atoms with Crippen LogP contribution in [0.15, 0.2) is 72.8 Å². The molecule has 1 aliphatic rings. The molecule has 0 bridgehead atoms. The predicted molar refractivity (Wildman–Crippen MR) is 134 cm³/mol. The number of nitrogens with zero attached hydrogens (tertiary/aromatic N) is 1. The van der Waals surface area contributed by atoms with Crippen molar-refractivity contribution in [3.8, 4) is 11.1 Å². The third kappa shape index (κ3) is 4.64. The summed E-state index contributed by atoms with van der Waals surface area (Å²) in [5, 5.41) is 12.7. The van der Waals surface area contributed by atoms with Gasteiger partial charge in [0.25, 0.3) is 0 Å². The highest BCUT2D eigenvalue weighted by Crippen LogP contribution is 2.48. The van der Waals surface area contributed by atoms with Crippen molar-refractivity contribution in [2.45, 2.75) is 44.6 Å². The van der Waals surface area contributed by atoms with E-state index in [1.165, 1.54) is 12.0 Å². The lowest BCUT2D eigenvalue weighted by Gasteiger charge is -2.41. The largest absolute Gasteiger partial charge is 0.467 e. The summed E-state index contributed by atoms with van der Waals surface area (Å²) in [6.45, 7) is 5.42. The molecule has 1 aliphatic heterocycles. The van der Waals surface area contributed by atoms with Gasteiger partial charge in [0, 0.05) is 5.02 Å². The van der Waals surface area contributed by atoms with Crippen LogP contribution < -0.4 is 0 Å². The second-order valence-electron chi connectivity index (χ2n) is 9.52. The van der Waals surface area contributed by atoms with E-state index in [1.54, 1.807) is 45.0 Å². The summed E-state index contributed by atoms with van der Waals surface area (Å²) in [5.74, 6) is -0.904. The molecule has 1 N–H and O–H groups in total. The Labute approximate surface area is 210 Å². The van der Waals surface area contributed by atoms with Gasteiger partial charge in [0.15, 0.2) is 0 Å². The monoisotopic (exact) mass is 493 g/mol. The quantitative estimate of drug-likeness (QED) is 0.462. The number of aliphatic hydroxyl groups is 1. The molecule has 35 heavy (non-hydrogen) atoms. The number of rotatable bonds is 3. The van der Waals surface area contributed by atoms with E-state index in [-0.39, 0.29) is 12.1 Å². The molecule has 0 aliphatic carbocycles. The Balaban J connectivity index is 2.03. The van der Waals surface area contributed by atoms with Gasteiger partial charge in [-0.25, -0.2) is 9.59 Å². The lowest BCUT2D eigenvalue weighted by atomic mass is 9.79. The third-order valence-corrected chi connectivity index (χ3v) is 6.27. The molecule has 3 aromatic carbocycles. The topological polar surface area (TPSA) is 76.1 Å². The minimum Gasteiger partial charge on any atom is -0.467 e. The highest BCUT2D eigenvalue weighted by Gasteiger charge is 2.53. The summed E-state index contributed by atoms with van der Waals surface area (Å²) in [6.07, 6.45) is -0.662. The third-order valence-electron chi connectivity index (χ3n) is 6.02. The minimum absolute atomic E-state index is 0.108. The van der Waals surface area contributed by atoms with Gasteiger partial charge in [-0.2, -0.15) is 0 Å². The Morgan fingerprint density at radius 2 is 1.54 bits per heavy atom. The van der Waals surface area contributed by atoms with Gasteiger partial charge >= 0.3 is 12.1 Å². The molecular weight excluding hydrogens is 466 g/mol. The first kappa shape index (κ1) is 24.8. The van der Waals surface area contributed by atoms with Crippen LogP contribution in [0.3, 0.4) is 0 Å². The Hall–Kier alpha value is -3.35. The summed E-state index contributed by atoms with van der Waals surface area (Å²) in [6, 6.07) is 20.2. The number of esters is 1. The smallest absolute Gasteiger partial charge is 0.411 e. The Bertz CT molecular complexity index is 1250. The summed E-state index contributed by atoms with van der Waals surface area (Å²) in [4.78, 5) is 28.4. The van der Waals surface area contributed by atoms with Crippen LogP contribution in [-0.4, -0.2) is 34.8 Å². The highest BCUT2D eigenvalue weighted by molar-refractivity contribution is 6.30. The minimum atomic E-state index is -2.26. The van der Waals surface area contributed by atoms with Crippen LogP contribution in [0.1, 0.15) is 43.5 Å². The average molecular weight is 494 g/mol. The number of amides is 1. The molecule has 1 heterocycles. The van der Waals surface area contributed by atoms with Crippen molar-refractivity contribution in [1.82, 2.24) is 4.90 Å². The normalized spacial score (nSPS) is 16.9. The number of ether oxygens (including phenoxy) is 2. The number of carbonyl (C=O) groups is 2. The van der Waals surface area contributed by atoms with E-state index < -0.39 is 29.3 Å². The summed E-state index contributed by atoms with van der Waals surface area (Å²) >= 11 is 6.10. The van der Waals surface area contributed by atoms with Gasteiger partial charge in [-0.05, 0) is 60.7 Å². The van der Waals surface area contributed by atoms with Crippen LogP contribution in [0.4, 0.5) is 4.79 Å². The van der Waals surface area contributed by atoms with E-state index in [0.717, 1.165) is 16.7 Å². The van der Waals surface area contributed by atoms with E-state index in [9.17, 15) is 14.7 Å². The van der Waals surface area contributed by atoms with Crippen LogP contribution in [0, 0.1) is 0 Å². The van der Waals surface area contributed by atoms with Crippen LogP contribution >= 0.6 is 11.6 Å².